The van der Waals surface area contributed by atoms with Crippen molar-refractivity contribution in [3.8, 4) is 23.0 Å². The average molecular weight is 851 g/mol. The fourth-order valence-corrected chi connectivity index (χ4v) is 7.82. The van der Waals surface area contributed by atoms with Gasteiger partial charge >= 0.3 is 17.2 Å². The van der Waals surface area contributed by atoms with Gasteiger partial charge in [-0.05, 0) is 41.3 Å². The Morgan fingerprint density at radius 1 is 0.587 bits per heavy atom. The summed E-state index contributed by atoms with van der Waals surface area (Å²) in [6.07, 6.45) is -4.99. The smallest absolute Gasteiger partial charge is 0.344 e. The molecule has 1 saturated heterocycles. The highest BCUT2D eigenvalue weighted by molar-refractivity contribution is 6.22. The summed E-state index contributed by atoms with van der Waals surface area (Å²) in [6, 6.07) is 40.2. The van der Waals surface area contributed by atoms with E-state index in [2.05, 4.69) is 0 Å². The monoisotopic (exact) mass is 850 g/mol. The van der Waals surface area contributed by atoms with Gasteiger partial charge in [-0.25, -0.2) is 9.59 Å². The van der Waals surface area contributed by atoms with E-state index in [1.54, 1.807) is 6.92 Å². The predicted octanol–water partition coefficient (Wildman–Crippen LogP) is 8.58. The molecule has 0 radical (unpaired) electrons. The molecule has 1 N–H and O–H groups in total. The second kappa shape index (κ2) is 18.0. The zero-order chi connectivity index (χ0) is 43.5. The summed E-state index contributed by atoms with van der Waals surface area (Å²) in [4.78, 5) is 40.6. The molecule has 13 heteroatoms. The molecule has 13 nitrogen and oxygen atoms in total. The van der Waals surface area contributed by atoms with Crippen molar-refractivity contribution in [2.45, 2.75) is 71.0 Å². The lowest BCUT2D eigenvalue weighted by Gasteiger charge is -2.44. The minimum Gasteiger partial charge on any atom is -0.504 e. The molecule has 2 aromatic heterocycles. The van der Waals surface area contributed by atoms with Crippen molar-refractivity contribution in [3.63, 3.8) is 0 Å². The van der Waals surface area contributed by atoms with Gasteiger partial charge in [-0.15, -0.1) is 0 Å². The van der Waals surface area contributed by atoms with Crippen LogP contribution in [-0.4, -0.2) is 41.8 Å². The SMILES string of the molecule is CC(=O)O[C@@H]1[C@@H](OCc2ccccc2)[C@@H](OCc2ccccc2)[C@H](Oc2cc3c(=O)oc4c(OCc5ccccc5)c(O)cc5c(=O)oc(c2OCc2ccccc2)c3c45)O[C@H]1C. The maximum atomic E-state index is 14.2. The third-order valence-corrected chi connectivity index (χ3v) is 10.8. The van der Waals surface area contributed by atoms with Crippen molar-refractivity contribution in [1.29, 1.82) is 0 Å². The Hall–Kier alpha value is -7.19. The van der Waals surface area contributed by atoms with Crippen LogP contribution >= 0.6 is 0 Å². The van der Waals surface area contributed by atoms with E-state index in [1.807, 2.05) is 121 Å². The number of phenols is 1. The fraction of sp³-hybridized carbons (Fsp3) is 0.220. The van der Waals surface area contributed by atoms with E-state index >= 15 is 0 Å². The molecule has 8 aromatic rings. The Morgan fingerprint density at radius 2 is 1.03 bits per heavy atom. The molecule has 1 aliphatic rings. The number of carbonyl (C=O) groups excluding carboxylic acids is 1. The van der Waals surface area contributed by atoms with Crippen molar-refractivity contribution in [2.75, 3.05) is 0 Å². The summed E-state index contributed by atoms with van der Waals surface area (Å²) < 4.78 is 56.8. The number of aromatic hydroxyl groups is 1. The predicted molar refractivity (Wildman–Crippen MR) is 231 cm³/mol. The normalized spacial score (nSPS) is 18.7. The Kier molecular flexibility index (Phi) is 11.8. The summed E-state index contributed by atoms with van der Waals surface area (Å²) in [5, 5.41) is 11.4. The van der Waals surface area contributed by atoms with Crippen molar-refractivity contribution in [2.24, 2.45) is 0 Å². The van der Waals surface area contributed by atoms with Crippen LogP contribution in [0.5, 0.6) is 23.0 Å². The summed E-state index contributed by atoms with van der Waals surface area (Å²) in [5.74, 6) is -1.17. The van der Waals surface area contributed by atoms with Crippen LogP contribution in [0.2, 0.25) is 0 Å². The number of rotatable bonds is 15. The molecule has 5 atom stereocenters. The molecule has 0 aliphatic carbocycles. The molecular formula is C50H42O13. The van der Waals surface area contributed by atoms with Gasteiger partial charge in [-0.2, -0.15) is 0 Å². The Balaban J connectivity index is 1.18. The first kappa shape index (κ1) is 41.2. The molecule has 1 aliphatic heterocycles. The van der Waals surface area contributed by atoms with Crippen LogP contribution in [0.3, 0.4) is 0 Å². The van der Waals surface area contributed by atoms with Gasteiger partial charge in [0.05, 0.1) is 30.1 Å². The van der Waals surface area contributed by atoms with Crippen molar-refractivity contribution < 1.29 is 51.9 Å². The quantitative estimate of drug-likeness (QED) is 0.0594. The summed E-state index contributed by atoms with van der Waals surface area (Å²) >= 11 is 0. The van der Waals surface area contributed by atoms with E-state index in [1.165, 1.54) is 19.1 Å². The first-order valence-corrected chi connectivity index (χ1v) is 20.4. The third kappa shape index (κ3) is 8.67. The molecule has 6 aromatic carbocycles. The average Bonchev–Trinajstić information content (AvgIpc) is 3.29. The minimum atomic E-state index is -1.28. The van der Waals surface area contributed by atoms with Crippen molar-refractivity contribution in [3.05, 3.63) is 177 Å². The summed E-state index contributed by atoms with van der Waals surface area (Å²) in [5.41, 5.74) is 1.33. The largest absolute Gasteiger partial charge is 0.504 e. The molecule has 0 spiro atoms. The molecular weight excluding hydrogens is 809 g/mol. The Morgan fingerprint density at radius 3 is 1.54 bits per heavy atom. The van der Waals surface area contributed by atoms with Gasteiger partial charge in [0, 0.05) is 17.7 Å². The van der Waals surface area contributed by atoms with Crippen LogP contribution in [0.1, 0.15) is 36.1 Å². The summed E-state index contributed by atoms with van der Waals surface area (Å²) in [6.45, 7) is 3.30. The van der Waals surface area contributed by atoms with Gasteiger partial charge in [0.25, 0.3) is 0 Å². The van der Waals surface area contributed by atoms with Gasteiger partial charge < -0.3 is 47.1 Å². The van der Waals surface area contributed by atoms with E-state index in [9.17, 15) is 19.5 Å². The Labute approximate surface area is 360 Å². The third-order valence-electron chi connectivity index (χ3n) is 10.8. The molecule has 63 heavy (non-hydrogen) atoms. The number of hydrogen-bond donors (Lipinski definition) is 1. The van der Waals surface area contributed by atoms with Gasteiger partial charge in [0.2, 0.25) is 17.8 Å². The second-order valence-corrected chi connectivity index (χ2v) is 15.2. The Bertz CT molecular complexity index is 2950. The van der Waals surface area contributed by atoms with E-state index < -0.39 is 53.7 Å². The van der Waals surface area contributed by atoms with E-state index in [0.29, 0.717) is 0 Å². The number of ether oxygens (including phenoxy) is 7. The van der Waals surface area contributed by atoms with Crippen molar-refractivity contribution in [1.82, 2.24) is 0 Å². The van der Waals surface area contributed by atoms with E-state index in [-0.39, 0.29) is 76.4 Å². The minimum absolute atomic E-state index is 0.00108. The lowest BCUT2D eigenvalue weighted by Crippen LogP contribution is -2.61. The number of esters is 1. The zero-order valence-corrected chi connectivity index (χ0v) is 34.3. The molecule has 320 valence electrons. The zero-order valence-electron chi connectivity index (χ0n) is 34.3. The van der Waals surface area contributed by atoms with Gasteiger partial charge in [-0.3, -0.25) is 4.79 Å². The van der Waals surface area contributed by atoms with Gasteiger partial charge in [-0.1, -0.05) is 121 Å². The molecule has 0 amide bonds. The molecule has 0 bridgehead atoms. The maximum Gasteiger partial charge on any atom is 0.344 e. The highest BCUT2D eigenvalue weighted by atomic mass is 16.7. The number of hydrogen-bond acceptors (Lipinski definition) is 13. The molecule has 3 heterocycles. The van der Waals surface area contributed by atoms with Gasteiger partial charge in [0.1, 0.15) is 25.4 Å². The molecule has 0 unspecified atom stereocenters. The fourth-order valence-electron chi connectivity index (χ4n) is 7.82. The number of carbonyl (C=O) groups is 1. The number of phenolic OH excluding ortho intramolecular Hbond substituents is 1. The molecule has 1 fully saturated rings. The topological polar surface area (TPSA) is 162 Å². The lowest BCUT2D eigenvalue weighted by atomic mass is 9.98. The van der Waals surface area contributed by atoms with Crippen LogP contribution in [0, 0.1) is 0 Å². The summed E-state index contributed by atoms with van der Waals surface area (Å²) in [7, 11) is 0. The second-order valence-electron chi connectivity index (χ2n) is 15.2. The van der Waals surface area contributed by atoms with E-state index in [0.717, 1.165) is 22.3 Å². The highest BCUT2D eigenvalue weighted by Gasteiger charge is 2.49. The molecule has 9 rings (SSSR count). The number of benzene rings is 6. The van der Waals surface area contributed by atoms with Crippen LogP contribution < -0.4 is 25.5 Å². The van der Waals surface area contributed by atoms with Crippen molar-refractivity contribution >= 4 is 38.7 Å². The van der Waals surface area contributed by atoms with E-state index in [4.69, 9.17) is 42.0 Å². The maximum absolute atomic E-state index is 14.2. The van der Waals surface area contributed by atoms with Crippen LogP contribution in [0.4, 0.5) is 0 Å². The van der Waals surface area contributed by atoms with Crippen LogP contribution in [-0.2, 0) is 50.2 Å². The van der Waals surface area contributed by atoms with Gasteiger partial charge in [0.15, 0.2) is 28.8 Å². The highest BCUT2D eigenvalue weighted by Crippen LogP contribution is 2.47. The van der Waals surface area contributed by atoms with Crippen LogP contribution in [0.25, 0.3) is 32.7 Å². The van der Waals surface area contributed by atoms with Crippen LogP contribution in [0.15, 0.2) is 152 Å². The lowest BCUT2D eigenvalue weighted by molar-refractivity contribution is -0.294. The standard InChI is InChI=1S/C50H42O13/c1-29-41(60-30(2)51)46(57-27-33-19-11-5-12-20-33)47(58-28-34-21-13-6-14-22-34)50(59-29)61-38-24-36-40-39-35(48(53)63-45(40)43(38)56-26-32-17-9-4-10-18-32)23-37(52)42(44(39)62-49(36)54)55-25-31-15-7-3-8-16-31/h3-24,29,41,46-47,50,52H,25-28H2,1-2H3/t29-,41-,46+,47+,50-/m0/s1. The first-order valence-electron chi connectivity index (χ1n) is 20.4. The first-order chi connectivity index (χ1) is 30.7. The molecule has 0 saturated carbocycles.